The van der Waals surface area contributed by atoms with Crippen LogP contribution >= 0.6 is 11.5 Å². The summed E-state index contributed by atoms with van der Waals surface area (Å²) in [7, 11) is 0. The van der Waals surface area contributed by atoms with Gasteiger partial charge in [0.2, 0.25) is 0 Å². The van der Waals surface area contributed by atoms with Crippen molar-refractivity contribution in [3.8, 4) is 0 Å². The molecule has 3 rings (SSSR count). The van der Waals surface area contributed by atoms with Crippen LogP contribution in [0.4, 0.5) is 15.5 Å². The minimum Gasteiger partial charge on any atom is -0.371 e. The summed E-state index contributed by atoms with van der Waals surface area (Å²) in [6, 6.07) is 5.98. The molecule has 1 aliphatic rings. The lowest BCUT2D eigenvalue weighted by Gasteiger charge is -2.33. The van der Waals surface area contributed by atoms with Gasteiger partial charge in [-0.1, -0.05) is 0 Å². The van der Waals surface area contributed by atoms with E-state index in [0.717, 1.165) is 36.6 Å². The molecule has 0 radical (unpaired) electrons. The first-order valence-corrected chi connectivity index (χ1v) is 8.14. The van der Waals surface area contributed by atoms with Gasteiger partial charge in [-0.2, -0.15) is 4.37 Å². The van der Waals surface area contributed by atoms with Crippen molar-refractivity contribution in [2.24, 2.45) is 0 Å². The number of pyridine rings is 1. The van der Waals surface area contributed by atoms with Crippen molar-refractivity contribution in [3.05, 3.63) is 36.3 Å². The van der Waals surface area contributed by atoms with E-state index in [9.17, 15) is 4.79 Å². The Bertz CT molecular complexity index is 622. The van der Waals surface area contributed by atoms with E-state index in [1.54, 1.807) is 0 Å². The van der Waals surface area contributed by atoms with Crippen LogP contribution in [0.25, 0.3) is 0 Å². The fourth-order valence-corrected chi connectivity index (χ4v) is 3.25. The molecule has 0 unspecified atom stereocenters. The summed E-state index contributed by atoms with van der Waals surface area (Å²) in [6.07, 6.45) is 5.50. The second-order valence-electron chi connectivity index (χ2n) is 5.40. The molecule has 2 N–H and O–H groups in total. The van der Waals surface area contributed by atoms with Gasteiger partial charge >= 0.3 is 6.03 Å². The lowest BCUT2D eigenvalue weighted by Crippen LogP contribution is -2.46. The molecule has 1 saturated heterocycles. The number of urea groups is 1. The summed E-state index contributed by atoms with van der Waals surface area (Å²) in [5.74, 6) is 0. The van der Waals surface area contributed by atoms with E-state index in [2.05, 4.69) is 24.9 Å². The highest BCUT2D eigenvalue weighted by Crippen LogP contribution is 2.19. The fraction of sp³-hybridized carbons (Fsp3) is 0.400. The Labute approximate surface area is 133 Å². The van der Waals surface area contributed by atoms with Gasteiger partial charge in [-0.15, -0.1) is 0 Å². The molecule has 6 nitrogen and oxygen atoms in total. The van der Waals surface area contributed by atoms with E-state index < -0.39 is 0 Å². The zero-order chi connectivity index (χ0) is 15.4. The number of aromatic nitrogens is 2. The number of carbonyl (C=O) groups excluding carboxylic acids is 1. The molecule has 0 bridgehead atoms. The third-order valence-electron chi connectivity index (χ3n) is 3.72. The molecule has 116 valence electrons. The van der Waals surface area contributed by atoms with Gasteiger partial charge in [0, 0.05) is 37.2 Å². The van der Waals surface area contributed by atoms with E-state index >= 15 is 0 Å². The predicted octanol–water partition coefficient (Wildman–Crippen LogP) is 2.64. The summed E-state index contributed by atoms with van der Waals surface area (Å²) in [5.41, 5.74) is 2.11. The zero-order valence-corrected chi connectivity index (χ0v) is 13.3. The van der Waals surface area contributed by atoms with Crippen LogP contribution in [0.15, 0.2) is 30.6 Å². The first-order chi connectivity index (χ1) is 10.7. The Kier molecular flexibility index (Phi) is 4.53. The molecule has 0 atom stereocenters. The number of hydrogen-bond acceptors (Lipinski definition) is 5. The minimum absolute atomic E-state index is 0.147. The maximum atomic E-state index is 12.0. The van der Waals surface area contributed by atoms with E-state index in [1.165, 1.54) is 17.2 Å². The lowest BCUT2D eigenvalue weighted by atomic mass is 10.0. The summed E-state index contributed by atoms with van der Waals surface area (Å²) >= 11 is 1.30. The number of aryl methyl sites for hydroxylation is 1. The monoisotopic (exact) mass is 317 g/mol. The molecule has 1 fully saturated rings. The first-order valence-electron chi connectivity index (χ1n) is 7.36. The van der Waals surface area contributed by atoms with Gasteiger partial charge in [-0.25, -0.2) is 4.79 Å². The molecule has 2 aromatic heterocycles. The minimum atomic E-state index is -0.147. The van der Waals surface area contributed by atoms with Crippen molar-refractivity contribution in [3.63, 3.8) is 0 Å². The van der Waals surface area contributed by atoms with Crippen molar-refractivity contribution in [1.82, 2.24) is 14.7 Å². The third-order valence-corrected chi connectivity index (χ3v) is 4.52. The van der Waals surface area contributed by atoms with E-state index in [0.29, 0.717) is 0 Å². The Morgan fingerprint density at radius 1 is 1.32 bits per heavy atom. The Morgan fingerprint density at radius 2 is 2.05 bits per heavy atom. The molecule has 0 saturated carbocycles. The molecular weight excluding hydrogens is 298 g/mol. The van der Waals surface area contributed by atoms with E-state index in [-0.39, 0.29) is 12.1 Å². The SMILES string of the molecule is Cc1cc(NC(=O)NC2CCN(c3ccncc3)CC2)sn1. The van der Waals surface area contributed by atoms with Crippen molar-refractivity contribution in [2.75, 3.05) is 23.3 Å². The maximum absolute atomic E-state index is 12.0. The van der Waals surface area contributed by atoms with Crippen molar-refractivity contribution in [1.29, 1.82) is 0 Å². The number of hydrogen-bond donors (Lipinski definition) is 2. The standard InChI is InChI=1S/C15H19N5OS/c1-11-10-14(22-19-11)18-15(21)17-12-4-8-20(9-5-12)13-2-6-16-7-3-13/h2-3,6-7,10,12H,4-5,8-9H2,1H3,(H2,17,18,21). The predicted molar refractivity (Wildman–Crippen MR) is 88.5 cm³/mol. The second-order valence-corrected chi connectivity index (χ2v) is 6.20. The van der Waals surface area contributed by atoms with Crippen LogP contribution in [0.5, 0.6) is 0 Å². The average Bonchev–Trinajstić information content (AvgIpc) is 2.94. The van der Waals surface area contributed by atoms with Gasteiger partial charge in [0.05, 0.1) is 5.69 Å². The van der Waals surface area contributed by atoms with Gasteiger partial charge < -0.3 is 10.2 Å². The number of anilines is 2. The van der Waals surface area contributed by atoms with Gasteiger partial charge in [-0.3, -0.25) is 10.3 Å². The van der Waals surface area contributed by atoms with Gasteiger partial charge in [-0.05, 0) is 49.5 Å². The molecular formula is C15H19N5OS. The molecule has 7 heteroatoms. The Balaban J connectivity index is 1.46. The summed E-state index contributed by atoms with van der Waals surface area (Å²) in [6.45, 7) is 3.79. The molecule has 0 spiro atoms. The van der Waals surface area contributed by atoms with Gasteiger partial charge in [0.15, 0.2) is 0 Å². The zero-order valence-electron chi connectivity index (χ0n) is 12.5. The normalized spacial score (nSPS) is 15.6. The Hall–Kier alpha value is -2.15. The largest absolute Gasteiger partial charge is 0.371 e. The number of nitrogens with zero attached hydrogens (tertiary/aromatic N) is 3. The topological polar surface area (TPSA) is 70.2 Å². The lowest BCUT2D eigenvalue weighted by molar-refractivity contribution is 0.246. The number of rotatable bonds is 3. The van der Waals surface area contributed by atoms with E-state index in [1.807, 2.05) is 37.5 Å². The fourth-order valence-electron chi connectivity index (χ4n) is 2.59. The van der Waals surface area contributed by atoms with Crippen LogP contribution in [0, 0.1) is 6.92 Å². The average molecular weight is 317 g/mol. The highest BCUT2D eigenvalue weighted by molar-refractivity contribution is 7.10. The van der Waals surface area contributed by atoms with Gasteiger partial charge in [0.25, 0.3) is 0 Å². The van der Waals surface area contributed by atoms with Crippen molar-refractivity contribution in [2.45, 2.75) is 25.8 Å². The highest BCUT2D eigenvalue weighted by Gasteiger charge is 2.21. The van der Waals surface area contributed by atoms with Gasteiger partial charge in [0.1, 0.15) is 5.00 Å². The first kappa shape index (κ1) is 14.8. The second kappa shape index (κ2) is 6.74. The highest BCUT2D eigenvalue weighted by atomic mass is 32.1. The van der Waals surface area contributed by atoms with Crippen LogP contribution < -0.4 is 15.5 Å². The Morgan fingerprint density at radius 3 is 2.68 bits per heavy atom. The summed E-state index contributed by atoms with van der Waals surface area (Å²) in [5, 5.41) is 6.66. The maximum Gasteiger partial charge on any atom is 0.320 e. The number of piperidine rings is 1. The molecule has 0 aliphatic carbocycles. The van der Waals surface area contributed by atoms with Crippen LogP contribution in [0.3, 0.4) is 0 Å². The summed E-state index contributed by atoms with van der Waals surface area (Å²) in [4.78, 5) is 18.3. The van der Waals surface area contributed by atoms with Crippen LogP contribution in [0.2, 0.25) is 0 Å². The number of nitrogens with one attached hydrogen (secondary N) is 2. The third kappa shape index (κ3) is 3.73. The number of amides is 2. The molecule has 0 aromatic carbocycles. The molecule has 2 aromatic rings. The smallest absolute Gasteiger partial charge is 0.320 e. The van der Waals surface area contributed by atoms with Crippen molar-refractivity contribution < 1.29 is 4.79 Å². The van der Waals surface area contributed by atoms with Crippen LogP contribution in [0.1, 0.15) is 18.5 Å². The molecule has 1 aliphatic heterocycles. The quantitative estimate of drug-likeness (QED) is 0.913. The number of carbonyl (C=O) groups is 1. The molecule has 2 amide bonds. The van der Waals surface area contributed by atoms with Crippen molar-refractivity contribution >= 4 is 28.3 Å². The van der Waals surface area contributed by atoms with Crippen LogP contribution in [-0.4, -0.2) is 34.5 Å². The van der Waals surface area contributed by atoms with Crippen LogP contribution in [-0.2, 0) is 0 Å². The molecule has 22 heavy (non-hydrogen) atoms. The molecule has 3 heterocycles. The van der Waals surface area contributed by atoms with E-state index in [4.69, 9.17) is 0 Å². The summed E-state index contributed by atoms with van der Waals surface area (Å²) < 4.78 is 4.15.